The molecule has 0 radical (unpaired) electrons. The number of methoxy groups -OCH3 is 1. The zero-order valence-electron chi connectivity index (χ0n) is 11.2. The highest BCUT2D eigenvalue weighted by Crippen LogP contribution is 1.92. The Kier molecular flexibility index (Phi) is 8.41. The first-order chi connectivity index (χ1) is 8.84. The first-order valence-corrected chi connectivity index (χ1v) is 6.16. The van der Waals surface area contributed by atoms with Crippen LogP contribution in [0.5, 0.6) is 0 Å². The summed E-state index contributed by atoms with van der Waals surface area (Å²) in [4.78, 5) is 4.22. The maximum Gasteiger partial charge on any atom is 0.122 e. The van der Waals surface area contributed by atoms with Crippen LogP contribution in [0.3, 0.4) is 0 Å². The van der Waals surface area contributed by atoms with Crippen molar-refractivity contribution in [2.24, 2.45) is 7.05 Å². The third kappa shape index (κ3) is 6.70. The molecule has 0 bridgehead atoms. The molecule has 6 heteroatoms. The second-order valence-corrected chi connectivity index (χ2v) is 3.85. The average molecular weight is 257 g/mol. The number of nitrogens with zero attached hydrogens (tertiary/aromatic N) is 2. The number of imidazole rings is 1. The molecule has 0 fully saturated rings. The van der Waals surface area contributed by atoms with Crippen molar-refractivity contribution < 1.29 is 14.2 Å². The van der Waals surface area contributed by atoms with Crippen molar-refractivity contribution in [3.05, 3.63) is 18.2 Å². The van der Waals surface area contributed by atoms with Crippen molar-refractivity contribution >= 4 is 0 Å². The first kappa shape index (κ1) is 15.1. The molecular weight excluding hydrogens is 234 g/mol. The molecule has 0 atom stereocenters. The summed E-state index contributed by atoms with van der Waals surface area (Å²) >= 11 is 0. The Morgan fingerprint density at radius 3 is 2.56 bits per heavy atom. The third-order valence-electron chi connectivity index (χ3n) is 2.43. The molecule has 18 heavy (non-hydrogen) atoms. The second kappa shape index (κ2) is 10.0. The Labute approximate surface area is 108 Å². The van der Waals surface area contributed by atoms with E-state index in [1.165, 1.54) is 0 Å². The molecule has 0 aliphatic rings. The summed E-state index contributed by atoms with van der Waals surface area (Å²) in [6.07, 6.45) is 3.73. The van der Waals surface area contributed by atoms with Crippen LogP contribution in [0.15, 0.2) is 12.4 Å². The fourth-order valence-electron chi connectivity index (χ4n) is 1.38. The molecule has 0 saturated carbocycles. The number of aryl methyl sites for hydroxylation is 1. The van der Waals surface area contributed by atoms with Gasteiger partial charge in [0.1, 0.15) is 5.82 Å². The first-order valence-electron chi connectivity index (χ1n) is 6.16. The van der Waals surface area contributed by atoms with E-state index >= 15 is 0 Å². The Morgan fingerprint density at radius 1 is 1.17 bits per heavy atom. The molecule has 1 heterocycles. The highest BCUT2D eigenvalue weighted by molar-refractivity contribution is 4.90. The van der Waals surface area contributed by atoms with Crippen LogP contribution in [-0.4, -0.2) is 56.2 Å². The molecular formula is C12H23N3O3. The minimum Gasteiger partial charge on any atom is -0.382 e. The van der Waals surface area contributed by atoms with E-state index in [0.29, 0.717) is 33.0 Å². The van der Waals surface area contributed by atoms with Gasteiger partial charge in [-0.25, -0.2) is 4.98 Å². The minimum absolute atomic E-state index is 0.614. The van der Waals surface area contributed by atoms with Crippen LogP contribution in [0.4, 0.5) is 0 Å². The van der Waals surface area contributed by atoms with Crippen LogP contribution in [0, 0.1) is 0 Å². The summed E-state index contributed by atoms with van der Waals surface area (Å²) < 4.78 is 17.5. The molecule has 0 amide bonds. The zero-order valence-corrected chi connectivity index (χ0v) is 11.2. The van der Waals surface area contributed by atoms with E-state index in [2.05, 4.69) is 10.3 Å². The topological polar surface area (TPSA) is 57.5 Å². The van der Waals surface area contributed by atoms with Gasteiger partial charge < -0.3 is 24.1 Å². The van der Waals surface area contributed by atoms with Crippen molar-refractivity contribution in [2.75, 3.05) is 46.7 Å². The Hall–Kier alpha value is -0.950. The average Bonchev–Trinajstić information content (AvgIpc) is 2.77. The summed E-state index contributed by atoms with van der Waals surface area (Å²) in [6, 6.07) is 0. The molecule has 0 aliphatic heterocycles. The predicted molar refractivity (Wildman–Crippen MR) is 68.4 cm³/mol. The summed E-state index contributed by atoms with van der Waals surface area (Å²) in [5.74, 6) is 1.03. The zero-order chi connectivity index (χ0) is 13.1. The number of hydrogen-bond donors (Lipinski definition) is 1. The minimum atomic E-state index is 0.614. The Morgan fingerprint density at radius 2 is 1.89 bits per heavy atom. The van der Waals surface area contributed by atoms with Gasteiger partial charge in [0.05, 0.1) is 39.6 Å². The van der Waals surface area contributed by atoms with Crippen molar-refractivity contribution in [1.82, 2.24) is 14.9 Å². The van der Waals surface area contributed by atoms with Gasteiger partial charge in [0.2, 0.25) is 0 Å². The van der Waals surface area contributed by atoms with E-state index in [4.69, 9.17) is 14.2 Å². The number of nitrogens with one attached hydrogen (secondary N) is 1. The van der Waals surface area contributed by atoms with Crippen molar-refractivity contribution in [2.45, 2.75) is 6.54 Å². The van der Waals surface area contributed by atoms with Gasteiger partial charge in [-0.2, -0.15) is 0 Å². The maximum absolute atomic E-state index is 5.41. The summed E-state index contributed by atoms with van der Waals surface area (Å²) in [5, 5.41) is 3.27. The van der Waals surface area contributed by atoms with Crippen LogP contribution < -0.4 is 5.32 Å². The van der Waals surface area contributed by atoms with Gasteiger partial charge in [-0.1, -0.05) is 0 Å². The van der Waals surface area contributed by atoms with Crippen molar-refractivity contribution in [1.29, 1.82) is 0 Å². The molecule has 1 N–H and O–H groups in total. The molecule has 0 aromatic carbocycles. The van der Waals surface area contributed by atoms with E-state index in [1.54, 1.807) is 13.3 Å². The highest BCUT2D eigenvalue weighted by Gasteiger charge is 1.97. The molecule has 0 unspecified atom stereocenters. The molecule has 0 spiro atoms. The van der Waals surface area contributed by atoms with Gasteiger partial charge >= 0.3 is 0 Å². The Balaban J connectivity index is 1.83. The summed E-state index contributed by atoms with van der Waals surface area (Å²) in [6.45, 7) is 4.74. The van der Waals surface area contributed by atoms with Crippen molar-refractivity contribution in [3.63, 3.8) is 0 Å². The smallest absolute Gasteiger partial charge is 0.122 e. The third-order valence-corrected chi connectivity index (χ3v) is 2.43. The van der Waals surface area contributed by atoms with Gasteiger partial charge in [-0.05, 0) is 0 Å². The summed E-state index contributed by atoms with van der Waals surface area (Å²) in [5.41, 5.74) is 0. The lowest BCUT2D eigenvalue weighted by Gasteiger charge is -2.07. The SMILES string of the molecule is COCCOCCOCCNCc1nccn1C. The lowest BCUT2D eigenvalue weighted by Crippen LogP contribution is -2.22. The molecule has 1 aromatic rings. The lowest BCUT2D eigenvalue weighted by molar-refractivity contribution is 0.0255. The van der Waals surface area contributed by atoms with Crippen LogP contribution in [0.2, 0.25) is 0 Å². The molecule has 104 valence electrons. The van der Waals surface area contributed by atoms with Gasteiger partial charge in [0, 0.05) is 33.1 Å². The normalized spacial score (nSPS) is 11.0. The van der Waals surface area contributed by atoms with Gasteiger partial charge in [0.25, 0.3) is 0 Å². The monoisotopic (exact) mass is 257 g/mol. The number of aromatic nitrogens is 2. The fraction of sp³-hybridized carbons (Fsp3) is 0.750. The van der Waals surface area contributed by atoms with Gasteiger partial charge in [-0.15, -0.1) is 0 Å². The van der Waals surface area contributed by atoms with Crippen LogP contribution in [-0.2, 0) is 27.8 Å². The van der Waals surface area contributed by atoms with E-state index in [9.17, 15) is 0 Å². The quantitative estimate of drug-likeness (QED) is 0.573. The van der Waals surface area contributed by atoms with E-state index in [-0.39, 0.29) is 0 Å². The number of rotatable bonds is 11. The molecule has 6 nitrogen and oxygen atoms in total. The predicted octanol–water partition coefficient (Wildman–Crippen LogP) is 0.189. The van der Waals surface area contributed by atoms with E-state index < -0.39 is 0 Å². The molecule has 0 aliphatic carbocycles. The lowest BCUT2D eigenvalue weighted by atomic mass is 10.5. The molecule has 1 aromatic heterocycles. The van der Waals surface area contributed by atoms with Gasteiger partial charge in [0.15, 0.2) is 0 Å². The fourth-order valence-corrected chi connectivity index (χ4v) is 1.38. The van der Waals surface area contributed by atoms with Crippen LogP contribution in [0.25, 0.3) is 0 Å². The van der Waals surface area contributed by atoms with Crippen molar-refractivity contribution in [3.8, 4) is 0 Å². The largest absolute Gasteiger partial charge is 0.382 e. The standard InChI is InChI=1S/C12H23N3O3/c1-15-5-3-14-12(15)11-13-4-6-17-9-10-18-8-7-16-2/h3,5,13H,4,6-11H2,1-2H3. The molecule has 0 saturated heterocycles. The van der Waals surface area contributed by atoms with E-state index in [1.807, 2.05) is 17.8 Å². The van der Waals surface area contributed by atoms with Gasteiger partial charge in [-0.3, -0.25) is 0 Å². The Bertz CT molecular complexity index is 305. The van der Waals surface area contributed by atoms with E-state index in [0.717, 1.165) is 18.9 Å². The van der Waals surface area contributed by atoms with Crippen LogP contribution in [0.1, 0.15) is 5.82 Å². The maximum atomic E-state index is 5.41. The molecule has 1 rings (SSSR count). The van der Waals surface area contributed by atoms with Crippen LogP contribution >= 0.6 is 0 Å². The number of hydrogen-bond acceptors (Lipinski definition) is 5. The highest BCUT2D eigenvalue weighted by atomic mass is 16.5. The second-order valence-electron chi connectivity index (χ2n) is 3.85. The summed E-state index contributed by atoms with van der Waals surface area (Å²) in [7, 11) is 3.64. The number of ether oxygens (including phenoxy) is 3.